The van der Waals surface area contributed by atoms with E-state index in [0.717, 1.165) is 26.2 Å². The van der Waals surface area contributed by atoms with Gasteiger partial charge in [0.25, 0.3) is 5.91 Å². The molecule has 1 aliphatic rings. The standard InChI is InChI=1S/C20H23N5O2S/c1-13-15-4-2-3-5-17(15)28-18(13)20(27)25-8-6-24(7-9-25)19(26)16(21)10-14-11-22-12-23-14/h2-5,11-12,16H,6-10,21H2,1H3,(H,22,23)/t16-/m0/s1. The number of thiophene rings is 1. The number of H-pyrrole nitrogens is 1. The highest BCUT2D eigenvalue weighted by Gasteiger charge is 2.29. The maximum Gasteiger partial charge on any atom is 0.264 e. The van der Waals surface area contributed by atoms with E-state index in [0.29, 0.717) is 32.6 Å². The number of nitrogens with zero attached hydrogens (tertiary/aromatic N) is 3. The minimum absolute atomic E-state index is 0.0487. The SMILES string of the molecule is Cc1c(C(=O)N2CCN(C(=O)[C@@H](N)Cc3cnc[nH]3)CC2)sc2ccccc12. The maximum atomic E-state index is 13.0. The Balaban J connectivity index is 1.38. The second-order valence-corrected chi connectivity index (χ2v) is 8.11. The summed E-state index contributed by atoms with van der Waals surface area (Å²) in [7, 11) is 0. The Hall–Kier alpha value is -2.71. The highest BCUT2D eigenvalue weighted by molar-refractivity contribution is 7.21. The molecule has 3 N–H and O–H groups in total. The summed E-state index contributed by atoms with van der Waals surface area (Å²) in [6.45, 7) is 4.06. The number of benzene rings is 1. The van der Waals surface area contributed by atoms with Crippen LogP contribution in [0.5, 0.6) is 0 Å². The van der Waals surface area contributed by atoms with Crippen molar-refractivity contribution < 1.29 is 9.59 Å². The van der Waals surface area contributed by atoms with E-state index in [1.54, 1.807) is 17.4 Å². The quantitative estimate of drug-likeness (QED) is 0.702. The van der Waals surface area contributed by atoms with Crippen molar-refractivity contribution in [2.75, 3.05) is 26.2 Å². The van der Waals surface area contributed by atoms with Crippen molar-refractivity contribution in [2.45, 2.75) is 19.4 Å². The molecule has 0 unspecified atom stereocenters. The Labute approximate surface area is 167 Å². The number of carbonyl (C=O) groups excluding carboxylic acids is 2. The molecule has 0 bridgehead atoms. The summed E-state index contributed by atoms with van der Waals surface area (Å²) in [6, 6.07) is 7.47. The van der Waals surface area contributed by atoms with Crippen LogP contribution in [0.15, 0.2) is 36.8 Å². The minimum atomic E-state index is -0.604. The molecule has 0 saturated carbocycles. The van der Waals surface area contributed by atoms with Crippen molar-refractivity contribution in [3.63, 3.8) is 0 Å². The van der Waals surface area contributed by atoms with Gasteiger partial charge in [0.15, 0.2) is 0 Å². The molecule has 0 radical (unpaired) electrons. The highest BCUT2D eigenvalue weighted by atomic mass is 32.1. The van der Waals surface area contributed by atoms with Crippen molar-refractivity contribution in [1.29, 1.82) is 0 Å². The van der Waals surface area contributed by atoms with E-state index in [1.807, 2.05) is 30.0 Å². The topological polar surface area (TPSA) is 95.3 Å². The summed E-state index contributed by atoms with van der Waals surface area (Å²) in [6.07, 6.45) is 3.68. The van der Waals surface area contributed by atoms with Crippen LogP contribution in [0.3, 0.4) is 0 Å². The van der Waals surface area contributed by atoms with Crippen molar-refractivity contribution >= 4 is 33.2 Å². The Kier molecular flexibility index (Phi) is 5.15. The fraction of sp³-hybridized carbons (Fsp3) is 0.350. The summed E-state index contributed by atoms with van der Waals surface area (Å²) < 4.78 is 1.13. The van der Waals surface area contributed by atoms with Gasteiger partial charge in [-0.3, -0.25) is 9.59 Å². The molecule has 4 rings (SSSR count). The summed E-state index contributed by atoms with van der Waals surface area (Å²) >= 11 is 1.54. The van der Waals surface area contributed by atoms with Crippen molar-refractivity contribution in [3.8, 4) is 0 Å². The first-order valence-corrected chi connectivity index (χ1v) is 10.2. The fourth-order valence-corrected chi connectivity index (χ4v) is 4.78. The third kappa shape index (κ3) is 3.53. The second-order valence-electron chi connectivity index (χ2n) is 7.06. The Morgan fingerprint density at radius 1 is 1.21 bits per heavy atom. The number of imidazole rings is 1. The molecule has 2 aromatic heterocycles. The lowest BCUT2D eigenvalue weighted by Gasteiger charge is -2.35. The zero-order chi connectivity index (χ0) is 19.7. The van der Waals surface area contributed by atoms with Gasteiger partial charge < -0.3 is 20.5 Å². The molecular formula is C20H23N5O2S. The number of aromatic nitrogens is 2. The van der Waals surface area contributed by atoms with Gasteiger partial charge in [0.05, 0.1) is 17.2 Å². The van der Waals surface area contributed by atoms with Gasteiger partial charge in [0.2, 0.25) is 5.91 Å². The molecule has 146 valence electrons. The fourth-order valence-electron chi connectivity index (χ4n) is 3.61. The van der Waals surface area contributed by atoms with Crippen LogP contribution in [-0.4, -0.2) is 63.8 Å². The van der Waals surface area contributed by atoms with Crippen LogP contribution in [0, 0.1) is 6.92 Å². The lowest BCUT2D eigenvalue weighted by molar-refractivity contribution is -0.134. The maximum absolute atomic E-state index is 13.0. The van der Waals surface area contributed by atoms with Crippen molar-refractivity contribution in [1.82, 2.24) is 19.8 Å². The zero-order valence-corrected chi connectivity index (χ0v) is 16.5. The van der Waals surface area contributed by atoms with E-state index < -0.39 is 6.04 Å². The van der Waals surface area contributed by atoms with Gasteiger partial charge in [-0.1, -0.05) is 18.2 Å². The molecule has 0 spiro atoms. The van der Waals surface area contributed by atoms with Gasteiger partial charge >= 0.3 is 0 Å². The molecule has 2 amide bonds. The largest absolute Gasteiger partial charge is 0.348 e. The molecule has 1 aliphatic heterocycles. The summed E-state index contributed by atoms with van der Waals surface area (Å²) in [5.41, 5.74) is 7.95. The molecule has 0 aliphatic carbocycles. The van der Waals surface area contributed by atoms with E-state index >= 15 is 0 Å². The van der Waals surface area contributed by atoms with Gasteiger partial charge in [-0.15, -0.1) is 11.3 Å². The predicted molar refractivity (Wildman–Crippen MR) is 109 cm³/mol. The summed E-state index contributed by atoms with van der Waals surface area (Å²) in [5, 5.41) is 1.13. The van der Waals surface area contributed by atoms with E-state index in [9.17, 15) is 9.59 Å². The predicted octanol–water partition coefficient (Wildman–Crippen LogP) is 1.79. The average molecular weight is 398 g/mol. The zero-order valence-electron chi connectivity index (χ0n) is 15.7. The Morgan fingerprint density at radius 3 is 2.61 bits per heavy atom. The van der Waals surface area contributed by atoms with Crippen LogP contribution in [0.1, 0.15) is 20.9 Å². The minimum Gasteiger partial charge on any atom is -0.348 e. The molecular weight excluding hydrogens is 374 g/mol. The highest BCUT2D eigenvalue weighted by Crippen LogP contribution is 2.31. The lowest BCUT2D eigenvalue weighted by atomic mass is 10.1. The molecule has 1 aromatic carbocycles. The molecule has 1 atom stereocenters. The Morgan fingerprint density at radius 2 is 1.93 bits per heavy atom. The molecule has 1 fully saturated rings. The number of aromatic amines is 1. The van der Waals surface area contributed by atoms with Gasteiger partial charge in [-0.2, -0.15) is 0 Å². The first-order chi connectivity index (χ1) is 13.5. The molecule has 3 aromatic rings. The van der Waals surface area contributed by atoms with E-state index in [-0.39, 0.29) is 11.8 Å². The molecule has 3 heterocycles. The number of nitrogens with two attached hydrogens (primary N) is 1. The Bertz CT molecular complexity index is 989. The number of piperazine rings is 1. The second kappa shape index (κ2) is 7.73. The number of carbonyl (C=O) groups is 2. The number of hydrogen-bond donors (Lipinski definition) is 2. The van der Waals surface area contributed by atoms with Gasteiger partial charge in [-0.05, 0) is 23.9 Å². The number of aryl methyl sites for hydroxylation is 1. The average Bonchev–Trinajstić information content (AvgIpc) is 3.35. The van der Waals surface area contributed by atoms with Crippen LogP contribution < -0.4 is 5.73 Å². The molecule has 7 nitrogen and oxygen atoms in total. The van der Waals surface area contributed by atoms with Crippen LogP contribution >= 0.6 is 11.3 Å². The third-order valence-corrected chi connectivity index (χ3v) is 6.49. The number of rotatable bonds is 4. The first-order valence-electron chi connectivity index (χ1n) is 9.33. The normalized spacial score (nSPS) is 15.8. The number of amides is 2. The van der Waals surface area contributed by atoms with Crippen LogP contribution in [0.25, 0.3) is 10.1 Å². The van der Waals surface area contributed by atoms with E-state index in [1.165, 1.54) is 11.3 Å². The van der Waals surface area contributed by atoms with Crippen LogP contribution in [-0.2, 0) is 11.2 Å². The lowest BCUT2D eigenvalue weighted by Crippen LogP contribution is -2.54. The smallest absolute Gasteiger partial charge is 0.264 e. The van der Waals surface area contributed by atoms with Crippen molar-refractivity contribution in [3.05, 3.63) is 52.9 Å². The number of nitrogens with one attached hydrogen (secondary N) is 1. The summed E-state index contributed by atoms with van der Waals surface area (Å²) in [4.78, 5) is 36.9. The summed E-state index contributed by atoms with van der Waals surface area (Å²) in [5.74, 6) is -0.0349. The van der Waals surface area contributed by atoms with Gasteiger partial charge in [-0.25, -0.2) is 4.98 Å². The van der Waals surface area contributed by atoms with Gasteiger partial charge in [0.1, 0.15) is 0 Å². The third-order valence-electron chi connectivity index (χ3n) is 5.23. The molecule has 8 heteroatoms. The van der Waals surface area contributed by atoms with Crippen LogP contribution in [0.4, 0.5) is 0 Å². The van der Waals surface area contributed by atoms with Crippen LogP contribution in [0.2, 0.25) is 0 Å². The molecule has 1 saturated heterocycles. The van der Waals surface area contributed by atoms with E-state index in [4.69, 9.17) is 5.73 Å². The van der Waals surface area contributed by atoms with Crippen molar-refractivity contribution in [2.24, 2.45) is 5.73 Å². The monoisotopic (exact) mass is 397 g/mol. The van der Waals surface area contributed by atoms with E-state index in [2.05, 4.69) is 16.0 Å². The number of hydrogen-bond acceptors (Lipinski definition) is 5. The number of fused-ring (bicyclic) bond motifs is 1. The first kappa shape index (κ1) is 18.6. The van der Waals surface area contributed by atoms with Gasteiger partial charge in [0, 0.05) is 49.2 Å². The molecule has 28 heavy (non-hydrogen) atoms.